The van der Waals surface area contributed by atoms with E-state index in [0.29, 0.717) is 18.6 Å². The zero-order chi connectivity index (χ0) is 12.7. The molecule has 17 heavy (non-hydrogen) atoms. The van der Waals surface area contributed by atoms with Gasteiger partial charge in [-0.15, -0.1) is 0 Å². The minimum atomic E-state index is -2.55. The van der Waals surface area contributed by atoms with Gasteiger partial charge in [-0.25, -0.2) is 0 Å². The van der Waals surface area contributed by atoms with Gasteiger partial charge in [-0.1, -0.05) is 44.2 Å². The van der Waals surface area contributed by atoms with E-state index in [1.165, 1.54) is 5.56 Å². The molecule has 0 radical (unpaired) electrons. The van der Waals surface area contributed by atoms with Crippen LogP contribution >= 0.6 is 0 Å². The standard InChI is InChI=1S/C13H22O3Si/c1-12(2)10-16-17(14-3,15-4)11-13-8-6-5-7-9-13/h5-9,12H,10-11H2,1-4H3. The molecule has 0 bridgehead atoms. The molecule has 0 amide bonds. The summed E-state index contributed by atoms with van der Waals surface area (Å²) < 4.78 is 17.0. The third-order valence-electron chi connectivity index (χ3n) is 2.52. The molecule has 0 aliphatic heterocycles. The Balaban J connectivity index is 2.70. The lowest BCUT2D eigenvalue weighted by molar-refractivity contribution is 0.0859. The fourth-order valence-electron chi connectivity index (χ4n) is 1.54. The largest absolute Gasteiger partial charge is 0.505 e. The number of rotatable bonds is 7. The first kappa shape index (κ1) is 14.4. The van der Waals surface area contributed by atoms with Crippen LogP contribution in [0.3, 0.4) is 0 Å². The van der Waals surface area contributed by atoms with Gasteiger partial charge in [0, 0.05) is 26.9 Å². The highest BCUT2D eigenvalue weighted by Gasteiger charge is 2.39. The summed E-state index contributed by atoms with van der Waals surface area (Å²) in [4.78, 5) is 0. The van der Waals surface area contributed by atoms with E-state index < -0.39 is 8.80 Å². The highest BCUT2D eigenvalue weighted by molar-refractivity contribution is 6.60. The smallest absolute Gasteiger partial charge is 0.377 e. The van der Waals surface area contributed by atoms with Gasteiger partial charge < -0.3 is 13.3 Å². The number of hydrogen-bond donors (Lipinski definition) is 0. The van der Waals surface area contributed by atoms with Crippen molar-refractivity contribution in [2.24, 2.45) is 5.92 Å². The van der Waals surface area contributed by atoms with Crippen LogP contribution in [-0.2, 0) is 19.3 Å². The lowest BCUT2D eigenvalue weighted by Crippen LogP contribution is -2.47. The summed E-state index contributed by atoms with van der Waals surface area (Å²) >= 11 is 0. The molecular weight excluding hydrogens is 232 g/mol. The molecule has 0 aromatic heterocycles. The second-order valence-electron chi connectivity index (χ2n) is 4.46. The zero-order valence-corrected chi connectivity index (χ0v) is 12.1. The first-order chi connectivity index (χ1) is 8.12. The Bertz CT molecular complexity index is 310. The van der Waals surface area contributed by atoms with Crippen molar-refractivity contribution in [1.29, 1.82) is 0 Å². The molecule has 0 saturated carbocycles. The third kappa shape index (κ3) is 4.59. The van der Waals surface area contributed by atoms with Crippen LogP contribution in [0.25, 0.3) is 0 Å². The maximum Gasteiger partial charge on any atom is 0.505 e. The molecule has 0 aliphatic carbocycles. The molecule has 1 aromatic rings. The molecule has 0 saturated heterocycles. The first-order valence-electron chi connectivity index (χ1n) is 5.90. The van der Waals surface area contributed by atoms with E-state index >= 15 is 0 Å². The fraction of sp³-hybridized carbons (Fsp3) is 0.538. The topological polar surface area (TPSA) is 27.7 Å². The number of hydrogen-bond acceptors (Lipinski definition) is 3. The second-order valence-corrected chi connectivity index (χ2v) is 7.28. The van der Waals surface area contributed by atoms with Crippen molar-refractivity contribution < 1.29 is 13.3 Å². The van der Waals surface area contributed by atoms with E-state index in [2.05, 4.69) is 26.0 Å². The van der Waals surface area contributed by atoms with E-state index in [4.69, 9.17) is 13.3 Å². The predicted molar refractivity (Wildman–Crippen MR) is 70.7 cm³/mol. The molecule has 3 nitrogen and oxygen atoms in total. The van der Waals surface area contributed by atoms with Gasteiger partial charge in [0.25, 0.3) is 0 Å². The van der Waals surface area contributed by atoms with Gasteiger partial charge in [-0.3, -0.25) is 0 Å². The van der Waals surface area contributed by atoms with Crippen LogP contribution in [0, 0.1) is 5.92 Å². The van der Waals surface area contributed by atoms with Gasteiger partial charge in [0.2, 0.25) is 0 Å². The molecule has 1 aromatic carbocycles. The molecule has 0 aliphatic rings. The summed E-state index contributed by atoms with van der Waals surface area (Å²) in [5, 5.41) is 0. The normalized spacial score (nSPS) is 12.1. The molecule has 0 fully saturated rings. The van der Waals surface area contributed by atoms with Crippen molar-refractivity contribution in [3.05, 3.63) is 35.9 Å². The summed E-state index contributed by atoms with van der Waals surface area (Å²) in [5.74, 6) is 0.475. The molecule has 96 valence electrons. The number of benzene rings is 1. The minimum Gasteiger partial charge on any atom is -0.377 e. The van der Waals surface area contributed by atoms with Crippen molar-refractivity contribution in [1.82, 2.24) is 0 Å². The van der Waals surface area contributed by atoms with Crippen molar-refractivity contribution in [2.75, 3.05) is 20.8 Å². The zero-order valence-electron chi connectivity index (χ0n) is 11.1. The Morgan fingerprint density at radius 2 is 1.65 bits per heavy atom. The molecular formula is C13H22O3Si. The highest BCUT2D eigenvalue weighted by Crippen LogP contribution is 2.16. The van der Waals surface area contributed by atoms with Crippen LogP contribution in [0.2, 0.25) is 0 Å². The van der Waals surface area contributed by atoms with Crippen molar-refractivity contribution in [3.8, 4) is 0 Å². The van der Waals surface area contributed by atoms with E-state index in [0.717, 1.165) is 0 Å². The minimum absolute atomic E-state index is 0.475. The van der Waals surface area contributed by atoms with Gasteiger partial charge in [-0.05, 0) is 11.5 Å². The lowest BCUT2D eigenvalue weighted by Gasteiger charge is -2.27. The summed E-state index contributed by atoms with van der Waals surface area (Å²) in [7, 11) is 0.784. The van der Waals surface area contributed by atoms with E-state index in [-0.39, 0.29) is 0 Å². The molecule has 0 spiro atoms. The molecule has 0 heterocycles. The summed E-state index contributed by atoms with van der Waals surface area (Å²) in [6.07, 6.45) is 0. The molecule has 0 unspecified atom stereocenters. The lowest BCUT2D eigenvalue weighted by atomic mass is 10.2. The van der Waals surface area contributed by atoms with E-state index in [1.54, 1.807) is 14.2 Å². The SMILES string of the molecule is CO[Si](Cc1ccccc1)(OC)OCC(C)C. The van der Waals surface area contributed by atoms with Crippen LogP contribution in [-0.4, -0.2) is 29.6 Å². The molecule has 1 rings (SSSR count). The highest BCUT2D eigenvalue weighted by atomic mass is 28.4. The van der Waals surface area contributed by atoms with Gasteiger partial charge in [0.05, 0.1) is 0 Å². The first-order valence-corrected chi connectivity index (χ1v) is 7.83. The Labute approximate surface area is 105 Å². The average Bonchev–Trinajstić information content (AvgIpc) is 2.36. The van der Waals surface area contributed by atoms with Crippen LogP contribution < -0.4 is 0 Å². The quantitative estimate of drug-likeness (QED) is 0.700. The molecule has 4 heteroatoms. The van der Waals surface area contributed by atoms with Gasteiger partial charge in [-0.2, -0.15) is 0 Å². The monoisotopic (exact) mass is 254 g/mol. The van der Waals surface area contributed by atoms with Crippen molar-refractivity contribution >= 4 is 8.80 Å². The maximum absolute atomic E-state index is 5.89. The Morgan fingerprint density at radius 1 is 1.06 bits per heavy atom. The Kier molecular flexibility index (Phi) is 5.84. The van der Waals surface area contributed by atoms with Crippen LogP contribution in [0.1, 0.15) is 19.4 Å². The van der Waals surface area contributed by atoms with Crippen molar-refractivity contribution in [2.45, 2.75) is 19.9 Å². The summed E-state index contributed by atoms with van der Waals surface area (Å²) in [6.45, 7) is 4.90. The van der Waals surface area contributed by atoms with Gasteiger partial charge >= 0.3 is 8.80 Å². The van der Waals surface area contributed by atoms with Crippen LogP contribution in [0.15, 0.2) is 30.3 Å². The summed E-state index contributed by atoms with van der Waals surface area (Å²) in [5.41, 5.74) is 1.19. The predicted octanol–water partition coefficient (Wildman–Crippen LogP) is 2.67. The average molecular weight is 254 g/mol. The second kappa shape index (κ2) is 6.91. The van der Waals surface area contributed by atoms with Crippen molar-refractivity contribution in [3.63, 3.8) is 0 Å². The van der Waals surface area contributed by atoms with Crippen LogP contribution in [0.5, 0.6) is 0 Å². The Hall–Kier alpha value is -0.683. The van der Waals surface area contributed by atoms with Gasteiger partial charge in [0.15, 0.2) is 0 Å². The summed E-state index contributed by atoms with van der Waals surface area (Å²) in [6, 6.07) is 10.9. The molecule has 0 N–H and O–H groups in total. The third-order valence-corrected chi connectivity index (χ3v) is 5.21. The maximum atomic E-state index is 5.89. The van der Waals surface area contributed by atoms with Gasteiger partial charge in [0.1, 0.15) is 0 Å². The van der Waals surface area contributed by atoms with E-state index in [1.807, 2.05) is 18.2 Å². The van der Waals surface area contributed by atoms with Crippen LogP contribution in [0.4, 0.5) is 0 Å². The Morgan fingerprint density at radius 3 is 2.12 bits per heavy atom. The fourth-order valence-corrected chi connectivity index (χ4v) is 3.65. The van der Waals surface area contributed by atoms with E-state index in [9.17, 15) is 0 Å². The molecule has 0 atom stereocenters.